The molecule has 0 saturated heterocycles. The van der Waals surface area contributed by atoms with Crippen molar-refractivity contribution < 1.29 is 9.53 Å². The van der Waals surface area contributed by atoms with Crippen LogP contribution in [0.15, 0.2) is 44.7 Å². The molecule has 9 nitrogen and oxygen atoms in total. The lowest BCUT2D eigenvalue weighted by Gasteiger charge is -2.23. The van der Waals surface area contributed by atoms with Crippen LogP contribution in [0, 0.1) is 19.3 Å². The summed E-state index contributed by atoms with van der Waals surface area (Å²) >= 11 is 0. The van der Waals surface area contributed by atoms with Crippen molar-refractivity contribution >= 4 is 11.7 Å². The summed E-state index contributed by atoms with van der Waals surface area (Å²) in [4.78, 5) is 38.4. The highest BCUT2D eigenvalue weighted by molar-refractivity contribution is 5.94. The van der Waals surface area contributed by atoms with Crippen LogP contribution in [0.2, 0.25) is 0 Å². The molecule has 178 valence electrons. The molecule has 1 amide bonds. The maximum Gasteiger partial charge on any atom is 0.349 e. The number of hydrogen-bond acceptors (Lipinski definition) is 6. The van der Waals surface area contributed by atoms with Gasteiger partial charge in [0.1, 0.15) is 11.5 Å². The summed E-state index contributed by atoms with van der Waals surface area (Å²) < 4.78 is 7.39. The number of carbonyl (C=O) groups is 1. The Bertz CT molecular complexity index is 1220. The Morgan fingerprint density at radius 3 is 2.30 bits per heavy atom. The van der Waals surface area contributed by atoms with Gasteiger partial charge in [-0.1, -0.05) is 27.7 Å². The number of nitrogens with zero attached hydrogens (tertiary/aromatic N) is 2. The van der Waals surface area contributed by atoms with Crippen LogP contribution in [0.1, 0.15) is 52.2 Å². The van der Waals surface area contributed by atoms with Gasteiger partial charge in [0.2, 0.25) is 11.7 Å². The van der Waals surface area contributed by atoms with Crippen LogP contribution in [0.4, 0.5) is 5.82 Å². The van der Waals surface area contributed by atoms with Gasteiger partial charge in [0.15, 0.2) is 0 Å². The predicted molar refractivity (Wildman–Crippen MR) is 130 cm³/mol. The van der Waals surface area contributed by atoms with Gasteiger partial charge in [0.05, 0.1) is 5.69 Å². The standard InChI is InChI=1S/C24H33N5O4/c1-9-13(2)18(12-17(21(30)26-8)24(5,6)7)33-19-14(3)10-16(11-15(19)4)29-23(32)27-22(31)20(25)28-29/h10-12H,9H2,1-8H3,(H2,25,28)(H,26,30)(H,27,31,32)/b17-12+,18-13-. The zero-order valence-electron chi connectivity index (χ0n) is 20.5. The fourth-order valence-corrected chi connectivity index (χ4v) is 3.21. The highest BCUT2D eigenvalue weighted by Gasteiger charge is 2.24. The smallest absolute Gasteiger partial charge is 0.349 e. The van der Waals surface area contributed by atoms with E-state index in [1.54, 1.807) is 25.3 Å². The average Bonchev–Trinajstić information content (AvgIpc) is 2.73. The van der Waals surface area contributed by atoms with E-state index in [9.17, 15) is 14.4 Å². The van der Waals surface area contributed by atoms with Crippen molar-refractivity contribution in [3.05, 3.63) is 67.1 Å². The van der Waals surface area contributed by atoms with Gasteiger partial charge in [-0.05, 0) is 67.5 Å². The van der Waals surface area contributed by atoms with Gasteiger partial charge in [-0.25, -0.2) is 4.79 Å². The van der Waals surface area contributed by atoms with E-state index in [-0.39, 0.29) is 11.7 Å². The molecule has 33 heavy (non-hydrogen) atoms. The quantitative estimate of drug-likeness (QED) is 0.349. The lowest BCUT2D eigenvalue weighted by atomic mass is 9.85. The maximum absolute atomic E-state index is 12.5. The Balaban J connectivity index is 2.61. The topological polar surface area (TPSA) is 132 Å². The molecule has 2 rings (SSSR count). The number of benzene rings is 1. The second kappa shape index (κ2) is 9.89. The second-order valence-electron chi connectivity index (χ2n) is 8.95. The molecule has 0 aliphatic carbocycles. The Morgan fingerprint density at radius 2 is 1.82 bits per heavy atom. The minimum atomic E-state index is -0.730. The fourth-order valence-electron chi connectivity index (χ4n) is 3.21. The predicted octanol–water partition coefficient (Wildman–Crippen LogP) is 2.90. The number of amides is 1. The number of nitrogens with two attached hydrogens (primary N) is 1. The van der Waals surface area contributed by atoms with E-state index in [4.69, 9.17) is 10.5 Å². The van der Waals surface area contributed by atoms with Crippen LogP contribution in [-0.2, 0) is 4.79 Å². The number of hydrogen-bond donors (Lipinski definition) is 3. The van der Waals surface area contributed by atoms with E-state index >= 15 is 0 Å². The highest BCUT2D eigenvalue weighted by atomic mass is 16.5. The summed E-state index contributed by atoms with van der Waals surface area (Å²) in [5.74, 6) is 0.724. The molecule has 0 radical (unpaired) electrons. The van der Waals surface area contributed by atoms with Crippen LogP contribution in [-0.4, -0.2) is 27.7 Å². The van der Waals surface area contributed by atoms with Crippen LogP contribution >= 0.6 is 0 Å². The largest absolute Gasteiger partial charge is 0.457 e. The summed E-state index contributed by atoms with van der Waals surface area (Å²) in [6.07, 6.45) is 2.53. The highest BCUT2D eigenvalue weighted by Crippen LogP contribution is 2.32. The Labute approximate surface area is 193 Å². The normalized spacial score (nSPS) is 12.9. The number of aryl methyl sites for hydroxylation is 2. The Kier molecular flexibility index (Phi) is 7.68. The van der Waals surface area contributed by atoms with Crippen LogP contribution in [0.5, 0.6) is 5.75 Å². The number of likely N-dealkylation sites (N-methyl/N-ethyl adjacent to an activating group) is 1. The molecule has 2 aromatic rings. The summed E-state index contributed by atoms with van der Waals surface area (Å²) in [5.41, 5.74) is 7.28. The zero-order valence-corrected chi connectivity index (χ0v) is 20.5. The van der Waals surface area contributed by atoms with Crippen LogP contribution in [0.3, 0.4) is 0 Å². The fraction of sp³-hybridized carbons (Fsp3) is 0.417. The van der Waals surface area contributed by atoms with Gasteiger partial charge in [-0.2, -0.15) is 4.68 Å². The summed E-state index contributed by atoms with van der Waals surface area (Å²) in [5, 5.41) is 6.59. The molecule has 1 heterocycles. The molecule has 0 spiro atoms. The Morgan fingerprint density at radius 1 is 1.24 bits per heavy atom. The number of allylic oxidation sites excluding steroid dienone is 2. The van der Waals surface area contributed by atoms with Gasteiger partial charge >= 0.3 is 5.69 Å². The van der Waals surface area contributed by atoms with Gasteiger partial charge < -0.3 is 15.8 Å². The molecule has 0 atom stereocenters. The molecule has 0 saturated carbocycles. The minimum Gasteiger partial charge on any atom is -0.457 e. The third-order valence-electron chi connectivity index (χ3n) is 5.26. The number of ether oxygens (including phenoxy) is 1. The molecule has 0 fully saturated rings. The zero-order chi connectivity index (χ0) is 25.1. The minimum absolute atomic E-state index is 0.169. The molecule has 1 aromatic carbocycles. The van der Waals surface area contributed by atoms with Crippen molar-refractivity contribution in [3.63, 3.8) is 0 Å². The molecule has 0 aliphatic heterocycles. The van der Waals surface area contributed by atoms with Crippen molar-refractivity contribution in [2.24, 2.45) is 5.41 Å². The van der Waals surface area contributed by atoms with E-state index in [0.29, 0.717) is 22.8 Å². The SMILES string of the molecule is CC/C(C)=C(/C=C(\C(=O)NC)C(C)(C)C)Oc1c(C)cc(-n2nc(N)c(=O)[nH]c2=O)cc1C. The first-order chi connectivity index (χ1) is 15.3. The maximum atomic E-state index is 12.5. The molecule has 0 unspecified atom stereocenters. The Hall–Kier alpha value is -3.62. The molecule has 0 bridgehead atoms. The van der Waals surface area contributed by atoms with E-state index in [2.05, 4.69) is 15.4 Å². The first-order valence-corrected chi connectivity index (χ1v) is 10.7. The second-order valence-corrected chi connectivity index (χ2v) is 8.95. The molecular weight excluding hydrogens is 422 g/mol. The summed E-state index contributed by atoms with van der Waals surface area (Å²) in [6, 6.07) is 3.45. The third-order valence-corrected chi connectivity index (χ3v) is 5.26. The number of anilines is 1. The molecule has 0 aliphatic rings. The van der Waals surface area contributed by atoms with Gasteiger partial charge in [-0.3, -0.25) is 14.6 Å². The molecular formula is C24H33N5O4. The number of aromatic amines is 1. The van der Waals surface area contributed by atoms with Gasteiger partial charge in [0.25, 0.3) is 5.56 Å². The van der Waals surface area contributed by atoms with Crippen molar-refractivity contribution in [1.82, 2.24) is 20.1 Å². The van der Waals surface area contributed by atoms with Crippen LogP contribution < -0.4 is 27.0 Å². The van der Waals surface area contributed by atoms with Gasteiger partial charge in [-0.15, -0.1) is 5.10 Å². The van der Waals surface area contributed by atoms with Gasteiger partial charge in [0, 0.05) is 12.6 Å². The number of H-pyrrole nitrogens is 1. The monoisotopic (exact) mass is 455 g/mol. The van der Waals surface area contributed by atoms with Crippen molar-refractivity contribution in [1.29, 1.82) is 0 Å². The first-order valence-electron chi connectivity index (χ1n) is 10.7. The van der Waals surface area contributed by atoms with Crippen molar-refractivity contribution in [2.45, 2.75) is 54.9 Å². The van der Waals surface area contributed by atoms with Crippen molar-refractivity contribution in [3.8, 4) is 11.4 Å². The lowest BCUT2D eigenvalue weighted by Crippen LogP contribution is -2.33. The third kappa shape index (κ3) is 5.79. The van der Waals surface area contributed by atoms with E-state index in [1.165, 1.54) is 0 Å². The summed E-state index contributed by atoms with van der Waals surface area (Å²) in [7, 11) is 1.60. The number of nitrogen functional groups attached to an aromatic ring is 1. The molecule has 4 N–H and O–H groups in total. The van der Waals surface area contributed by atoms with Crippen molar-refractivity contribution in [2.75, 3.05) is 12.8 Å². The number of rotatable bonds is 6. The summed E-state index contributed by atoms with van der Waals surface area (Å²) in [6.45, 7) is 13.6. The average molecular weight is 456 g/mol. The number of carbonyl (C=O) groups excluding carboxylic acids is 1. The van der Waals surface area contributed by atoms with E-state index < -0.39 is 16.7 Å². The number of aromatic nitrogens is 3. The van der Waals surface area contributed by atoms with E-state index in [1.807, 2.05) is 48.5 Å². The van der Waals surface area contributed by atoms with Crippen LogP contribution in [0.25, 0.3) is 5.69 Å². The number of nitrogens with one attached hydrogen (secondary N) is 2. The molecule has 1 aromatic heterocycles. The first kappa shape index (κ1) is 25.6. The molecule has 9 heteroatoms. The lowest BCUT2D eigenvalue weighted by molar-refractivity contribution is -0.117. The van der Waals surface area contributed by atoms with E-state index in [0.717, 1.165) is 27.8 Å².